The van der Waals surface area contributed by atoms with E-state index in [0.717, 1.165) is 16.7 Å². The van der Waals surface area contributed by atoms with Crippen molar-refractivity contribution in [2.75, 3.05) is 5.32 Å². The second kappa shape index (κ2) is 12.8. The number of rotatable bonds is 4. The molecule has 2 aromatic carbocycles. The third-order valence-corrected chi connectivity index (χ3v) is 5.02. The number of guanidine groups is 1. The van der Waals surface area contributed by atoms with Crippen molar-refractivity contribution < 1.29 is 4.74 Å². The molecular weight excluding hydrogens is 474 g/mol. The van der Waals surface area contributed by atoms with Crippen molar-refractivity contribution >= 4 is 35.0 Å². The minimum atomic E-state index is 0.272. The summed E-state index contributed by atoms with van der Waals surface area (Å²) in [7, 11) is 0. The number of imidazole rings is 1. The van der Waals surface area contributed by atoms with Gasteiger partial charge in [-0.05, 0) is 72.1 Å². The third kappa shape index (κ3) is 7.01. The summed E-state index contributed by atoms with van der Waals surface area (Å²) in [6.45, 7) is 7.64. The second-order valence-corrected chi connectivity index (χ2v) is 7.67. The lowest BCUT2D eigenvalue weighted by Gasteiger charge is -2.13. The van der Waals surface area contributed by atoms with E-state index in [1.54, 1.807) is 49.8 Å². The predicted molar refractivity (Wildman–Crippen MR) is 145 cm³/mol. The molecule has 0 atom stereocenters. The van der Waals surface area contributed by atoms with Crippen LogP contribution in [0.3, 0.4) is 0 Å². The first-order valence-electron chi connectivity index (χ1n) is 11.3. The maximum Gasteiger partial charge on any atom is 0.232 e. The van der Waals surface area contributed by atoms with Gasteiger partial charge in [0.05, 0.1) is 29.2 Å². The highest BCUT2D eigenvalue weighted by molar-refractivity contribution is 6.32. The summed E-state index contributed by atoms with van der Waals surface area (Å²) in [6.07, 6.45) is 6.58. The Morgan fingerprint density at radius 2 is 1.78 bits per heavy atom. The van der Waals surface area contributed by atoms with E-state index < -0.39 is 0 Å². The van der Waals surface area contributed by atoms with Crippen LogP contribution in [0.25, 0.3) is 11.1 Å². The smallest absolute Gasteiger partial charge is 0.232 e. The Balaban J connectivity index is 0.00000176. The van der Waals surface area contributed by atoms with Crippen LogP contribution in [0, 0.1) is 18.3 Å². The molecule has 0 spiro atoms. The van der Waals surface area contributed by atoms with Crippen molar-refractivity contribution in [1.82, 2.24) is 15.0 Å². The Kier molecular flexibility index (Phi) is 9.32. The van der Waals surface area contributed by atoms with Crippen molar-refractivity contribution in [2.24, 2.45) is 9.98 Å². The fraction of sp³-hybridized carbons (Fsp3) is 0.148. The minimum Gasteiger partial charge on any atom is -0.441 e. The lowest BCUT2D eigenvalue weighted by Crippen LogP contribution is -2.15. The maximum absolute atomic E-state index is 9.01. The molecule has 4 aromatic rings. The fourth-order valence-electron chi connectivity index (χ4n) is 3.15. The van der Waals surface area contributed by atoms with Gasteiger partial charge >= 0.3 is 0 Å². The quantitative estimate of drug-likeness (QED) is 0.233. The standard InChI is InChI=1S/C25H20ClN7O.C2H6/c1-16-11-20(19-7-9-28-10-8-19)12-22(26)24(16)34-17(2)31-25(33-23-14-29-15-30-23)32-21-5-3-18(13-27)4-6-21;1-2/h3-12,14-15H,1-2H3,(H,29,30)(H,32,33);1-2H3/b31-17+;. The molecule has 9 heteroatoms. The molecule has 8 nitrogen and oxygen atoms in total. The van der Waals surface area contributed by atoms with Crippen LogP contribution >= 0.6 is 11.6 Å². The Morgan fingerprint density at radius 3 is 2.39 bits per heavy atom. The molecule has 0 fully saturated rings. The van der Waals surface area contributed by atoms with Gasteiger partial charge in [0.15, 0.2) is 17.5 Å². The van der Waals surface area contributed by atoms with E-state index in [2.05, 4.69) is 36.3 Å². The summed E-state index contributed by atoms with van der Waals surface area (Å²) in [6, 6.07) is 16.7. The summed E-state index contributed by atoms with van der Waals surface area (Å²) >= 11 is 6.56. The number of nitriles is 1. The van der Waals surface area contributed by atoms with Crippen molar-refractivity contribution in [3.8, 4) is 22.9 Å². The molecule has 2 N–H and O–H groups in total. The molecule has 36 heavy (non-hydrogen) atoms. The van der Waals surface area contributed by atoms with Crippen molar-refractivity contribution in [3.63, 3.8) is 0 Å². The Bertz CT molecular complexity index is 1350. The minimum absolute atomic E-state index is 0.272. The lowest BCUT2D eigenvalue weighted by atomic mass is 10.0. The number of H-pyrrole nitrogens is 1. The Hall–Kier alpha value is -4.48. The van der Waals surface area contributed by atoms with E-state index in [9.17, 15) is 0 Å². The van der Waals surface area contributed by atoms with Crippen LogP contribution < -0.4 is 10.1 Å². The first-order chi connectivity index (χ1) is 17.5. The number of aliphatic imine (C=N–C) groups is 2. The summed E-state index contributed by atoms with van der Waals surface area (Å²) < 4.78 is 6.01. The summed E-state index contributed by atoms with van der Waals surface area (Å²) in [5.74, 6) is 1.64. The van der Waals surface area contributed by atoms with E-state index in [-0.39, 0.29) is 5.96 Å². The molecule has 0 aliphatic rings. The van der Waals surface area contributed by atoms with Crippen molar-refractivity contribution in [2.45, 2.75) is 27.7 Å². The van der Waals surface area contributed by atoms with Crippen LogP contribution in [0.1, 0.15) is 31.9 Å². The number of nitrogens with one attached hydrogen (secondary N) is 2. The van der Waals surface area contributed by atoms with Crippen molar-refractivity contribution in [1.29, 1.82) is 5.26 Å². The number of benzene rings is 2. The lowest BCUT2D eigenvalue weighted by molar-refractivity contribution is 0.543. The molecule has 0 aliphatic heterocycles. The van der Waals surface area contributed by atoms with E-state index >= 15 is 0 Å². The molecule has 0 radical (unpaired) electrons. The molecule has 0 saturated carbocycles. The molecule has 2 aromatic heterocycles. The molecule has 0 amide bonds. The summed E-state index contributed by atoms with van der Waals surface area (Å²) in [4.78, 5) is 19.9. The summed E-state index contributed by atoms with van der Waals surface area (Å²) in [5.41, 5.74) is 4.11. The monoisotopic (exact) mass is 499 g/mol. The summed E-state index contributed by atoms with van der Waals surface area (Å²) in [5, 5.41) is 12.6. The van der Waals surface area contributed by atoms with Crippen LogP contribution in [0.4, 0.5) is 11.5 Å². The van der Waals surface area contributed by atoms with Crippen LogP contribution in [-0.4, -0.2) is 26.8 Å². The first-order valence-corrected chi connectivity index (χ1v) is 11.7. The van der Waals surface area contributed by atoms with Gasteiger partial charge in [0.2, 0.25) is 5.96 Å². The Morgan fingerprint density at radius 1 is 1.06 bits per heavy atom. The molecule has 0 bridgehead atoms. The number of hydrogen-bond acceptors (Lipinski definition) is 5. The average molecular weight is 500 g/mol. The van der Waals surface area contributed by atoms with E-state index in [4.69, 9.17) is 21.6 Å². The normalized spacial score (nSPS) is 11.2. The predicted octanol–water partition coefficient (Wildman–Crippen LogP) is 6.93. The van der Waals surface area contributed by atoms with Gasteiger partial charge in [-0.15, -0.1) is 0 Å². The van der Waals surface area contributed by atoms with E-state index in [1.165, 1.54) is 6.33 Å². The van der Waals surface area contributed by atoms with Crippen molar-refractivity contribution in [3.05, 3.63) is 89.6 Å². The zero-order chi connectivity index (χ0) is 25.9. The highest BCUT2D eigenvalue weighted by Gasteiger charge is 2.12. The van der Waals surface area contributed by atoms with Gasteiger partial charge in [0.25, 0.3) is 0 Å². The number of pyridine rings is 1. The van der Waals surface area contributed by atoms with E-state index in [0.29, 0.717) is 33.7 Å². The molecule has 182 valence electrons. The van der Waals surface area contributed by atoms with Gasteiger partial charge in [-0.25, -0.2) is 4.98 Å². The van der Waals surface area contributed by atoms with Gasteiger partial charge in [0.1, 0.15) is 0 Å². The molecule has 4 rings (SSSR count). The first kappa shape index (κ1) is 26.1. The highest BCUT2D eigenvalue weighted by atomic mass is 35.5. The number of halogens is 1. The van der Waals surface area contributed by atoms with Crippen LogP contribution in [0.15, 0.2) is 83.4 Å². The SMILES string of the molecule is C/C(=N\C(=N/c1cnc[nH]1)Nc1ccc(C#N)cc1)Oc1c(C)cc(-c2ccncc2)cc1Cl.CC. The van der Waals surface area contributed by atoms with Crippen LogP contribution in [0.2, 0.25) is 5.02 Å². The van der Waals surface area contributed by atoms with Gasteiger partial charge in [-0.1, -0.05) is 25.4 Å². The van der Waals surface area contributed by atoms with Gasteiger partial charge in [-0.2, -0.15) is 15.2 Å². The van der Waals surface area contributed by atoms with Crippen LogP contribution in [0.5, 0.6) is 5.75 Å². The van der Waals surface area contributed by atoms with Gasteiger partial charge < -0.3 is 15.0 Å². The largest absolute Gasteiger partial charge is 0.441 e. The molecule has 0 unspecified atom stereocenters. The average Bonchev–Trinajstić information content (AvgIpc) is 3.41. The highest BCUT2D eigenvalue weighted by Crippen LogP contribution is 2.34. The maximum atomic E-state index is 9.01. The number of nitrogens with zero attached hydrogens (tertiary/aromatic N) is 5. The number of hydrogen-bond donors (Lipinski definition) is 2. The molecule has 0 saturated heterocycles. The molecule has 2 heterocycles. The number of ether oxygens (including phenoxy) is 1. The zero-order valence-electron chi connectivity index (χ0n) is 20.5. The molecule has 0 aliphatic carbocycles. The van der Waals surface area contributed by atoms with Crippen LogP contribution in [-0.2, 0) is 0 Å². The molecular formula is C27H26ClN7O. The second-order valence-electron chi connectivity index (χ2n) is 7.26. The van der Waals surface area contributed by atoms with Gasteiger partial charge in [-0.3, -0.25) is 4.98 Å². The van der Waals surface area contributed by atoms with E-state index in [1.807, 2.05) is 45.0 Å². The number of aromatic nitrogens is 3. The fourth-order valence-corrected chi connectivity index (χ4v) is 3.46. The number of aromatic amines is 1. The van der Waals surface area contributed by atoms with Gasteiger partial charge in [0, 0.05) is 25.0 Å². The third-order valence-electron chi connectivity index (χ3n) is 4.74. The number of anilines is 1. The topological polar surface area (TPSA) is 111 Å². The zero-order valence-corrected chi connectivity index (χ0v) is 21.2. The Labute approximate surface area is 215 Å². The number of aryl methyl sites for hydroxylation is 1.